The normalized spacial score (nSPS) is 11.6. The van der Waals surface area contributed by atoms with E-state index in [1.165, 1.54) is 36.5 Å². The maximum absolute atomic E-state index is 12.7. The molecule has 3 rings (SSSR count). The summed E-state index contributed by atoms with van der Waals surface area (Å²) in [5, 5.41) is 2.86. The van der Waals surface area contributed by atoms with Crippen molar-refractivity contribution in [2.75, 3.05) is 11.9 Å². The van der Waals surface area contributed by atoms with Crippen LogP contribution in [0.3, 0.4) is 0 Å². The Kier molecular flexibility index (Phi) is 8.31. The third kappa shape index (κ3) is 6.38. The van der Waals surface area contributed by atoms with Crippen molar-refractivity contribution in [3.05, 3.63) is 71.8 Å². The summed E-state index contributed by atoms with van der Waals surface area (Å²) in [6.07, 6.45) is -1.25. The van der Waals surface area contributed by atoms with E-state index < -0.39 is 30.6 Å². The Morgan fingerprint density at radius 2 is 1.74 bits per heavy atom. The molecule has 0 bridgehead atoms. The van der Waals surface area contributed by atoms with Crippen LogP contribution in [0.4, 0.5) is 13.8 Å². The largest absolute Gasteiger partial charge is 0.462 e. The highest BCUT2D eigenvalue weighted by Gasteiger charge is 2.24. The molecule has 1 N–H and O–H groups in total. The molecule has 178 valence electrons. The van der Waals surface area contributed by atoms with Crippen LogP contribution in [0.2, 0.25) is 0 Å². The molecule has 2 aromatic carbocycles. The number of carbonyl (C=O) groups excluding carboxylic acids is 3. The summed E-state index contributed by atoms with van der Waals surface area (Å²) in [7, 11) is 0. The van der Waals surface area contributed by atoms with Gasteiger partial charge in [-0.15, -0.1) is 11.3 Å². The van der Waals surface area contributed by atoms with Gasteiger partial charge in [-0.1, -0.05) is 36.4 Å². The Morgan fingerprint density at radius 3 is 2.41 bits per heavy atom. The predicted molar refractivity (Wildman–Crippen MR) is 122 cm³/mol. The third-order valence-electron chi connectivity index (χ3n) is 4.47. The van der Waals surface area contributed by atoms with Gasteiger partial charge in [0.15, 0.2) is 6.10 Å². The van der Waals surface area contributed by atoms with Gasteiger partial charge in [0, 0.05) is 4.88 Å². The fraction of sp³-hybridized carbons (Fsp3) is 0.208. The predicted octanol–water partition coefficient (Wildman–Crippen LogP) is 5.38. The number of nitrogens with one attached hydrogen (secondary N) is 1. The lowest BCUT2D eigenvalue weighted by Gasteiger charge is -2.14. The molecule has 0 fully saturated rings. The first kappa shape index (κ1) is 24.8. The number of anilines is 1. The van der Waals surface area contributed by atoms with E-state index >= 15 is 0 Å². The number of alkyl halides is 2. The molecule has 1 unspecified atom stereocenters. The van der Waals surface area contributed by atoms with Crippen LogP contribution in [-0.4, -0.2) is 37.2 Å². The number of halogens is 2. The molecule has 1 heterocycles. The first-order valence-corrected chi connectivity index (χ1v) is 11.0. The summed E-state index contributed by atoms with van der Waals surface area (Å²) in [6.45, 7) is 0.132. The molecule has 7 nitrogen and oxygen atoms in total. The highest BCUT2D eigenvalue weighted by Crippen LogP contribution is 2.36. The van der Waals surface area contributed by atoms with Crippen molar-refractivity contribution >= 4 is 34.2 Å². The van der Waals surface area contributed by atoms with E-state index in [-0.39, 0.29) is 28.5 Å². The minimum atomic E-state index is -3.05. The minimum Gasteiger partial charge on any atom is -0.462 e. The number of thiophene rings is 1. The van der Waals surface area contributed by atoms with Crippen molar-refractivity contribution in [2.45, 2.75) is 26.6 Å². The molecule has 1 amide bonds. The summed E-state index contributed by atoms with van der Waals surface area (Å²) in [5.74, 6) is -2.39. The Balaban J connectivity index is 1.74. The summed E-state index contributed by atoms with van der Waals surface area (Å²) < 4.78 is 39.3. The molecule has 0 aliphatic carbocycles. The van der Waals surface area contributed by atoms with Crippen LogP contribution in [0.1, 0.15) is 34.6 Å². The second-order valence-electron chi connectivity index (χ2n) is 6.88. The topological polar surface area (TPSA) is 90.9 Å². The lowest BCUT2D eigenvalue weighted by Crippen LogP contribution is -2.30. The zero-order valence-electron chi connectivity index (χ0n) is 18.2. The van der Waals surface area contributed by atoms with Gasteiger partial charge in [-0.2, -0.15) is 8.78 Å². The molecule has 3 aromatic rings. The molecule has 0 radical (unpaired) electrons. The van der Waals surface area contributed by atoms with Crippen LogP contribution in [0.15, 0.2) is 60.7 Å². The van der Waals surface area contributed by atoms with Gasteiger partial charge in [0.1, 0.15) is 10.8 Å². The molecule has 1 aromatic heterocycles. The molecule has 0 aliphatic heterocycles. The van der Waals surface area contributed by atoms with Gasteiger partial charge in [-0.3, -0.25) is 4.79 Å². The Labute approximate surface area is 198 Å². The van der Waals surface area contributed by atoms with Crippen molar-refractivity contribution in [1.82, 2.24) is 0 Å². The van der Waals surface area contributed by atoms with Gasteiger partial charge in [0.2, 0.25) is 0 Å². The van der Waals surface area contributed by atoms with Gasteiger partial charge in [-0.25, -0.2) is 9.59 Å². The third-order valence-corrected chi connectivity index (χ3v) is 5.57. The Bertz CT molecular complexity index is 1170. The molecule has 10 heteroatoms. The zero-order chi connectivity index (χ0) is 24.7. The second-order valence-corrected chi connectivity index (χ2v) is 7.94. The van der Waals surface area contributed by atoms with Crippen molar-refractivity contribution in [1.29, 1.82) is 0 Å². The first-order chi connectivity index (χ1) is 16.3. The maximum atomic E-state index is 12.7. The van der Waals surface area contributed by atoms with Crippen molar-refractivity contribution in [3.8, 4) is 16.2 Å². The number of esters is 2. The smallest absolute Gasteiger partial charge is 0.387 e. The van der Waals surface area contributed by atoms with E-state index in [4.69, 9.17) is 9.47 Å². The van der Waals surface area contributed by atoms with Crippen LogP contribution >= 0.6 is 11.3 Å². The lowest BCUT2D eigenvalue weighted by molar-refractivity contribution is -0.123. The highest BCUT2D eigenvalue weighted by molar-refractivity contribution is 7.20. The van der Waals surface area contributed by atoms with Crippen LogP contribution in [-0.2, 0) is 14.3 Å². The van der Waals surface area contributed by atoms with E-state index in [1.54, 1.807) is 13.0 Å². The van der Waals surface area contributed by atoms with Crippen molar-refractivity contribution in [2.24, 2.45) is 0 Å². The van der Waals surface area contributed by atoms with Gasteiger partial charge >= 0.3 is 18.6 Å². The number of carbonyl (C=O) groups is 3. The first-order valence-electron chi connectivity index (χ1n) is 10.2. The molecule has 34 heavy (non-hydrogen) atoms. The fourth-order valence-electron chi connectivity index (χ4n) is 2.88. The average molecular weight is 489 g/mol. The van der Waals surface area contributed by atoms with Crippen LogP contribution < -0.4 is 10.1 Å². The summed E-state index contributed by atoms with van der Waals surface area (Å²) in [6, 6.07) is 15.9. The number of amides is 1. The monoisotopic (exact) mass is 489 g/mol. The molecule has 1 atom stereocenters. The average Bonchev–Trinajstić information content (AvgIpc) is 3.23. The van der Waals surface area contributed by atoms with E-state index in [9.17, 15) is 23.2 Å². The van der Waals surface area contributed by atoms with E-state index in [1.807, 2.05) is 30.3 Å². The Hall–Kier alpha value is -3.79. The Morgan fingerprint density at radius 1 is 1.00 bits per heavy atom. The molecule has 0 aliphatic rings. The number of benzene rings is 2. The number of hydrogen-bond donors (Lipinski definition) is 1. The van der Waals surface area contributed by atoms with Crippen LogP contribution in [0.25, 0.3) is 10.4 Å². The zero-order valence-corrected chi connectivity index (χ0v) is 19.1. The molecule has 0 spiro atoms. The summed E-state index contributed by atoms with van der Waals surface area (Å²) >= 11 is 1.17. The van der Waals surface area contributed by atoms with Crippen LogP contribution in [0.5, 0.6) is 5.75 Å². The number of rotatable bonds is 9. The molecular weight excluding hydrogens is 468 g/mol. The van der Waals surface area contributed by atoms with Crippen molar-refractivity contribution in [3.63, 3.8) is 0 Å². The minimum absolute atomic E-state index is 0.0625. The highest BCUT2D eigenvalue weighted by atomic mass is 32.1. The van der Waals surface area contributed by atoms with Gasteiger partial charge in [-0.05, 0) is 43.7 Å². The second kappa shape index (κ2) is 11.4. The SMILES string of the molecule is CCOC(=O)c1cc(-c2ccccc2)sc1NC(=O)C(C)OC(=O)c1cccc(OC(F)F)c1. The quantitative estimate of drug-likeness (QED) is 0.406. The summed E-state index contributed by atoms with van der Waals surface area (Å²) in [5.41, 5.74) is 0.964. The van der Waals surface area contributed by atoms with Gasteiger partial charge in [0.05, 0.1) is 17.7 Å². The number of hydrogen-bond acceptors (Lipinski definition) is 7. The van der Waals surface area contributed by atoms with E-state index in [0.29, 0.717) is 0 Å². The van der Waals surface area contributed by atoms with Gasteiger partial charge < -0.3 is 19.5 Å². The molecular formula is C24H21F2NO6S. The van der Waals surface area contributed by atoms with Crippen LogP contribution in [0, 0.1) is 0 Å². The maximum Gasteiger partial charge on any atom is 0.387 e. The number of ether oxygens (including phenoxy) is 3. The standard InChI is InChI=1S/C24H21F2NO6S/c1-3-31-23(30)18-13-19(15-8-5-4-6-9-15)34-21(18)27-20(28)14(2)32-22(29)16-10-7-11-17(12-16)33-24(25)26/h4-14,24H,3H2,1-2H3,(H,27,28). The lowest BCUT2D eigenvalue weighted by atomic mass is 10.1. The summed E-state index contributed by atoms with van der Waals surface area (Å²) in [4.78, 5) is 38.2. The van der Waals surface area contributed by atoms with Crippen molar-refractivity contribution < 1.29 is 37.4 Å². The van der Waals surface area contributed by atoms with Gasteiger partial charge in [0.25, 0.3) is 5.91 Å². The van der Waals surface area contributed by atoms with E-state index in [2.05, 4.69) is 10.1 Å². The molecule has 0 saturated heterocycles. The molecule has 0 saturated carbocycles. The fourth-order valence-corrected chi connectivity index (χ4v) is 3.94. The van der Waals surface area contributed by atoms with E-state index in [0.717, 1.165) is 16.5 Å².